The van der Waals surface area contributed by atoms with Gasteiger partial charge in [0, 0.05) is 12.4 Å². The minimum atomic E-state index is -0.102. The van der Waals surface area contributed by atoms with Crippen LogP contribution in [0.2, 0.25) is 5.82 Å². The van der Waals surface area contributed by atoms with Gasteiger partial charge in [-0.05, 0) is 27.9 Å². The van der Waals surface area contributed by atoms with Crippen LogP contribution in [0.25, 0.3) is 0 Å². The van der Waals surface area contributed by atoms with E-state index >= 15 is 0 Å². The van der Waals surface area contributed by atoms with Crippen LogP contribution < -0.4 is 0 Å². The summed E-state index contributed by atoms with van der Waals surface area (Å²) in [6, 6.07) is 0. The summed E-state index contributed by atoms with van der Waals surface area (Å²) >= 11 is 0. The van der Waals surface area contributed by atoms with Crippen LogP contribution >= 0.6 is 0 Å². The van der Waals surface area contributed by atoms with Crippen LogP contribution in [0.5, 0.6) is 0 Å². The molecule has 1 heterocycles. The SMILES string of the molecule is C[C@H]1OB(C2C=CC=C2CN(C)C)O[C@@H]1C. The number of hydrogen-bond donors (Lipinski definition) is 0. The smallest absolute Gasteiger partial charge is 0.405 e. The van der Waals surface area contributed by atoms with Crippen molar-refractivity contribution in [3.63, 3.8) is 0 Å². The lowest BCUT2D eigenvalue weighted by molar-refractivity contribution is 0.187. The average Bonchev–Trinajstić information content (AvgIpc) is 2.74. The van der Waals surface area contributed by atoms with Gasteiger partial charge in [-0.15, -0.1) is 0 Å². The monoisotopic (exact) mass is 221 g/mol. The Labute approximate surface area is 98.2 Å². The van der Waals surface area contributed by atoms with E-state index in [-0.39, 0.29) is 25.1 Å². The summed E-state index contributed by atoms with van der Waals surface area (Å²) < 4.78 is 11.7. The highest BCUT2D eigenvalue weighted by atomic mass is 16.7. The van der Waals surface area contributed by atoms with E-state index in [9.17, 15) is 0 Å². The zero-order chi connectivity index (χ0) is 11.7. The van der Waals surface area contributed by atoms with Gasteiger partial charge < -0.3 is 14.2 Å². The van der Waals surface area contributed by atoms with Gasteiger partial charge in [0.05, 0.1) is 12.2 Å². The van der Waals surface area contributed by atoms with Gasteiger partial charge in [-0.1, -0.05) is 23.8 Å². The van der Waals surface area contributed by atoms with E-state index in [1.807, 2.05) is 0 Å². The van der Waals surface area contributed by atoms with Crippen LogP contribution in [-0.2, 0) is 9.31 Å². The first kappa shape index (κ1) is 11.9. The third kappa shape index (κ3) is 2.39. The summed E-state index contributed by atoms with van der Waals surface area (Å²) in [7, 11) is 4.06. The third-order valence-electron chi connectivity index (χ3n) is 3.21. The van der Waals surface area contributed by atoms with Crippen molar-refractivity contribution in [1.29, 1.82) is 0 Å². The highest BCUT2D eigenvalue weighted by Gasteiger charge is 2.41. The lowest BCUT2D eigenvalue weighted by Gasteiger charge is -2.19. The lowest BCUT2D eigenvalue weighted by Crippen LogP contribution is -2.27. The maximum atomic E-state index is 5.84. The predicted octanol–water partition coefficient (Wildman–Crippen LogP) is 1.73. The Kier molecular flexibility index (Phi) is 3.52. The van der Waals surface area contributed by atoms with Gasteiger partial charge in [0.1, 0.15) is 0 Å². The number of hydrogen-bond acceptors (Lipinski definition) is 3. The third-order valence-corrected chi connectivity index (χ3v) is 3.21. The fourth-order valence-corrected chi connectivity index (χ4v) is 2.17. The standard InChI is InChI=1S/C12H20BNO2/c1-9-10(2)16-13(15-9)12-7-5-6-11(12)8-14(3)4/h5-7,9-10,12H,8H2,1-4H3/t9-,10-,12?/m1/s1. The topological polar surface area (TPSA) is 21.7 Å². The molecular weight excluding hydrogens is 201 g/mol. The fraction of sp³-hybridized carbons (Fsp3) is 0.667. The zero-order valence-electron chi connectivity index (χ0n) is 10.5. The lowest BCUT2D eigenvalue weighted by atomic mass is 9.69. The molecule has 0 bridgehead atoms. The van der Waals surface area contributed by atoms with E-state index in [4.69, 9.17) is 9.31 Å². The molecule has 88 valence electrons. The maximum absolute atomic E-state index is 5.84. The summed E-state index contributed by atoms with van der Waals surface area (Å²) in [6.45, 7) is 5.10. The normalized spacial score (nSPS) is 33.9. The molecule has 0 spiro atoms. The van der Waals surface area contributed by atoms with Crippen LogP contribution in [0, 0.1) is 0 Å². The van der Waals surface area contributed by atoms with E-state index in [0.29, 0.717) is 0 Å². The molecule has 0 radical (unpaired) electrons. The Hall–Kier alpha value is -0.575. The Morgan fingerprint density at radius 3 is 2.44 bits per heavy atom. The summed E-state index contributed by atoms with van der Waals surface area (Å²) in [5.41, 5.74) is 1.37. The van der Waals surface area contributed by atoms with Crippen molar-refractivity contribution in [3.8, 4) is 0 Å². The van der Waals surface area contributed by atoms with Crippen molar-refractivity contribution in [3.05, 3.63) is 23.8 Å². The molecule has 0 N–H and O–H groups in total. The molecule has 0 aromatic heterocycles. The molecule has 0 amide bonds. The molecule has 1 aliphatic carbocycles. The zero-order valence-corrected chi connectivity index (χ0v) is 10.5. The van der Waals surface area contributed by atoms with E-state index < -0.39 is 0 Å². The van der Waals surface area contributed by atoms with Gasteiger partial charge in [-0.2, -0.15) is 0 Å². The molecule has 4 heteroatoms. The van der Waals surface area contributed by atoms with Crippen molar-refractivity contribution in [2.45, 2.75) is 31.9 Å². The summed E-state index contributed by atoms with van der Waals surface area (Å²) in [6.07, 6.45) is 6.84. The highest BCUT2D eigenvalue weighted by molar-refractivity contribution is 6.49. The number of nitrogens with zero attached hydrogens (tertiary/aromatic N) is 1. The second-order valence-corrected chi connectivity index (χ2v) is 4.94. The van der Waals surface area contributed by atoms with Crippen molar-refractivity contribution in [1.82, 2.24) is 4.90 Å². The quantitative estimate of drug-likeness (QED) is 0.677. The molecule has 0 aromatic carbocycles. The first-order chi connectivity index (χ1) is 7.58. The van der Waals surface area contributed by atoms with Crippen molar-refractivity contribution in [2.75, 3.05) is 20.6 Å². The van der Waals surface area contributed by atoms with Crippen LogP contribution in [-0.4, -0.2) is 44.9 Å². The Balaban J connectivity index is 2.00. The van der Waals surface area contributed by atoms with Gasteiger partial charge in [0.15, 0.2) is 0 Å². The van der Waals surface area contributed by atoms with E-state index in [2.05, 4.69) is 51.1 Å². The highest BCUT2D eigenvalue weighted by Crippen LogP contribution is 2.34. The summed E-state index contributed by atoms with van der Waals surface area (Å²) in [5, 5.41) is 0. The Morgan fingerprint density at radius 2 is 1.88 bits per heavy atom. The molecule has 0 aromatic rings. The number of allylic oxidation sites excluding steroid dienone is 3. The first-order valence-electron chi connectivity index (χ1n) is 5.91. The van der Waals surface area contributed by atoms with Gasteiger partial charge in [-0.25, -0.2) is 0 Å². The molecular formula is C12H20BNO2. The average molecular weight is 221 g/mol. The molecule has 1 aliphatic heterocycles. The molecule has 1 unspecified atom stereocenters. The second kappa shape index (κ2) is 4.74. The van der Waals surface area contributed by atoms with Crippen LogP contribution in [0.3, 0.4) is 0 Å². The Morgan fingerprint density at radius 1 is 1.25 bits per heavy atom. The van der Waals surface area contributed by atoms with Crippen LogP contribution in [0.4, 0.5) is 0 Å². The Bertz CT molecular complexity index is 304. The fourth-order valence-electron chi connectivity index (χ4n) is 2.17. The first-order valence-corrected chi connectivity index (χ1v) is 5.91. The van der Waals surface area contributed by atoms with E-state index in [1.165, 1.54) is 5.57 Å². The summed E-state index contributed by atoms with van der Waals surface area (Å²) in [4.78, 5) is 2.17. The van der Waals surface area contributed by atoms with Gasteiger partial charge in [-0.3, -0.25) is 0 Å². The molecule has 2 aliphatic rings. The largest absolute Gasteiger partial charge is 0.469 e. The van der Waals surface area contributed by atoms with Crippen molar-refractivity contribution >= 4 is 7.12 Å². The molecule has 3 atom stereocenters. The minimum Gasteiger partial charge on any atom is -0.405 e. The van der Waals surface area contributed by atoms with Gasteiger partial charge in [0.25, 0.3) is 0 Å². The van der Waals surface area contributed by atoms with Gasteiger partial charge >= 0.3 is 7.12 Å². The molecule has 1 saturated heterocycles. The van der Waals surface area contributed by atoms with Crippen molar-refractivity contribution < 1.29 is 9.31 Å². The van der Waals surface area contributed by atoms with Gasteiger partial charge in [0.2, 0.25) is 0 Å². The molecule has 2 rings (SSSR count). The number of likely N-dealkylation sites (N-methyl/N-ethyl adjacent to an activating group) is 1. The summed E-state index contributed by atoms with van der Waals surface area (Å²) in [5.74, 6) is 0.287. The van der Waals surface area contributed by atoms with Crippen molar-refractivity contribution in [2.24, 2.45) is 0 Å². The second-order valence-electron chi connectivity index (χ2n) is 4.94. The van der Waals surface area contributed by atoms with Crippen LogP contribution in [0.15, 0.2) is 23.8 Å². The molecule has 1 fully saturated rings. The van der Waals surface area contributed by atoms with E-state index in [0.717, 1.165) is 6.54 Å². The maximum Gasteiger partial charge on any atom is 0.469 e. The van der Waals surface area contributed by atoms with E-state index in [1.54, 1.807) is 0 Å². The number of rotatable bonds is 3. The molecule has 16 heavy (non-hydrogen) atoms. The molecule has 0 saturated carbocycles. The minimum absolute atomic E-state index is 0.102. The van der Waals surface area contributed by atoms with Crippen LogP contribution in [0.1, 0.15) is 13.8 Å². The molecule has 3 nitrogen and oxygen atoms in total. The predicted molar refractivity (Wildman–Crippen MR) is 66.4 cm³/mol.